The van der Waals surface area contributed by atoms with E-state index in [2.05, 4.69) is 29.5 Å². The zero-order valence-electron chi connectivity index (χ0n) is 10.2. The van der Waals surface area contributed by atoms with E-state index in [1.807, 2.05) is 13.1 Å². The summed E-state index contributed by atoms with van der Waals surface area (Å²) < 4.78 is 0. The van der Waals surface area contributed by atoms with Crippen LogP contribution in [0.4, 0.5) is 11.4 Å². The molecule has 0 amide bonds. The molecule has 0 aliphatic rings. The fourth-order valence-electron chi connectivity index (χ4n) is 1.54. The molecule has 1 aromatic rings. The lowest BCUT2D eigenvalue weighted by Gasteiger charge is -2.14. The van der Waals surface area contributed by atoms with Crippen LogP contribution in [0.2, 0.25) is 0 Å². The summed E-state index contributed by atoms with van der Waals surface area (Å²) in [5, 5.41) is 15.9. The van der Waals surface area contributed by atoms with Crippen molar-refractivity contribution in [1.82, 2.24) is 4.98 Å². The van der Waals surface area contributed by atoms with E-state index in [1.165, 1.54) is 0 Å². The van der Waals surface area contributed by atoms with Crippen molar-refractivity contribution >= 4 is 11.4 Å². The molecule has 0 spiro atoms. The highest BCUT2D eigenvalue weighted by atomic mass is 16.3. The van der Waals surface area contributed by atoms with Gasteiger partial charge in [0.05, 0.1) is 29.9 Å². The molecule has 4 nitrogen and oxygen atoms in total. The first-order chi connectivity index (χ1) is 7.61. The van der Waals surface area contributed by atoms with E-state index in [-0.39, 0.29) is 6.10 Å². The highest BCUT2D eigenvalue weighted by Crippen LogP contribution is 2.12. The van der Waals surface area contributed by atoms with Crippen LogP contribution in [0.25, 0.3) is 0 Å². The van der Waals surface area contributed by atoms with E-state index in [0.29, 0.717) is 12.5 Å². The van der Waals surface area contributed by atoms with E-state index < -0.39 is 0 Å². The molecule has 3 N–H and O–H groups in total. The molecular formula is C12H21N3O. The predicted octanol–water partition coefficient (Wildman–Crippen LogP) is 1.94. The van der Waals surface area contributed by atoms with Crippen LogP contribution in [0, 0.1) is 5.92 Å². The molecular weight excluding hydrogens is 202 g/mol. The minimum atomic E-state index is -0.307. The van der Waals surface area contributed by atoms with Crippen LogP contribution < -0.4 is 10.6 Å². The summed E-state index contributed by atoms with van der Waals surface area (Å²) in [5.41, 5.74) is 1.89. The molecule has 0 aliphatic heterocycles. The molecule has 4 heteroatoms. The zero-order chi connectivity index (χ0) is 12.0. The van der Waals surface area contributed by atoms with E-state index in [4.69, 9.17) is 0 Å². The fourth-order valence-corrected chi connectivity index (χ4v) is 1.54. The second kappa shape index (κ2) is 6.33. The van der Waals surface area contributed by atoms with Crippen molar-refractivity contribution in [2.24, 2.45) is 5.92 Å². The van der Waals surface area contributed by atoms with Crippen LogP contribution in [-0.4, -0.2) is 29.8 Å². The van der Waals surface area contributed by atoms with Gasteiger partial charge < -0.3 is 15.7 Å². The maximum atomic E-state index is 9.71. The molecule has 0 saturated heterocycles. The van der Waals surface area contributed by atoms with Gasteiger partial charge in [-0.25, -0.2) is 0 Å². The van der Waals surface area contributed by atoms with Crippen LogP contribution in [0.15, 0.2) is 18.5 Å². The Labute approximate surface area is 97.1 Å². The van der Waals surface area contributed by atoms with Crippen LogP contribution in [0.1, 0.15) is 20.3 Å². The Morgan fingerprint density at radius 1 is 1.31 bits per heavy atom. The van der Waals surface area contributed by atoms with Gasteiger partial charge in [-0.1, -0.05) is 13.8 Å². The van der Waals surface area contributed by atoms with E-state index in [9.17, 15) is 5.11 Å². The minimum absolute atomic E-state index is 0.307. The van der Waals surface area contributed by atoms with Gasteiger partial charge in [-0.3, -0.25) is 4.98 Å². The number of rotatable bonds is 6. The summed E-state index contributed by atoms with van der Waals surface area (Å²) in [6, 6.07) is 1.97. The average molecular weight is 223 g/mol. The zero-order valence-corrected chi connectivity index (χ0v) is 10.2. The Bertz CT molecular complexity index is 315. The summed E-state index contributed by atoms with van der Waals surface area (Å²) in [6.07, 6.45) is 4.02. The topological polar surface area (TPSA) is 57.2 Å². The molecule has 0 saturated carbocycles. The Hall–Kier alpha value is -1.29. The van der Waals surface area contributed by atoms with Gasteiger partial charge in [-0.15, -0.1) is 0 Å². The molecule has 0 aliphatic carbocycles. The van der Waals surface area contributed by atoms with Crippen molar-refractivity contribution in [2.75, 3.05) is 24.2 Å². The largest absolute Gasteiger partial charge is 0.391 e. The number of hydrogen-bond donors (Lipinski definition) is 3. The predicted molar refractivity (Wildman–Crippen MR) is 67.7 cm³/mol. The number of pyridine rings is 1. The lowest BCUT2D eigenvalue weighted by Crippen LogP contribution is -2.21. The smallest absolute Gasteiger partial charge is 0.0715 e. The number of aliphatic hydroxyl groups excluding tert-OH is 1. The van der Waals surface area contributed by atoms with Crippen molar-refractivity contribution in [1.29, 1.82) is 0 Å². The van der Waals surface area contributed by atoms with Crippen LogP contribution in [0.3, 0.4) is 0 Å². The molecule has 0 aromatic carbocycles. The monoisotopic (exact) mass is 223 g/mol. The minimum Gasteiger partial charge on any atom is -0.391 e. The second-order valence-corrected chi connectivity index (χ2v) is 4.38. The SMILES string of the molecule is CNc1cncc(NCC(O)CC(C)C)c1. The Kier molecular flexibility index (Phi) is 5.05. The molecule has 1 atom stereocenters. The van der Waals surface area contributed by atoms with E-state index in [0.717, 1.165) is 17.8 Å². The molecule has 0 radical (unpaired) electrons. The summed E-state index contributed by atoms with van der Waals surface area (Å²) in [5.74, 6) is 0.513. The third-order valence-corrected chi connectivity index (χ3v) is 2.31. The van der Waals surface area contributed by atoms with Crippen molar-refractivity contribution in [3.05, 3.63) is 18.5 Å². The normalized spacial score (nSPS) is 12.6. The van der Waals surface area contributed by atoms with Gasteiger partial charge in [-0.2, -0.15) is 0 Å². The van der Waals surface area contributed by atoms with Gasteiger partial charge in [0.25, 0.3) is 0 Å². The first-order valence-electron chi connectivity index (χ1n) is 5.66. The van der Waals surface area contributed by atoms with Crippen molar-refractivity contribution < 1.29 is 5.11 Å². The van der Waals surface area contributed by atoms with Gasteiger partial charge in [0.15, 0.2) is 0 Å². The van der Waals surface area contributed by atoms with Crippen molar-refractivity contribution in [3.8, 4) is 0 Å². The number of nitrogens with zero attached hydrogens (tertiary/aromatic N) is 1. The quantitative estimate of drug-likeness (QED) is 0.690. The van der Waals surface area contributed by atoms with Gasteiger partial charge in [0.1, 0.15) is 0 Å². The summed E-state index contributed by atoms with van der Waals surface area (Å²) in [4.78, 5) is 4.09. The number of aliphatic hydroxyl groups is 1. The standard InChI is InChI=1S/C12H21N3O/c1-9(2)4-12(16)8-15-11-5-10(13-3)6-14-7-11/h5-7,9,12-13,15-16H,4,8H2,1-3H3. The van der Waals surface area contributed by atoms with Gasteiger partial charge in [0.2, 0.25) is 0 Å². The molecule has 1 heterocycles. The molecule has 1 aromatic heterocycles. The first kappa shape index (κ1) is 12.8. The van der Waals surface area contributed by atoms with Crippen molar-refractivity contribution in [3.63, 3.8) is 0 Å². The Morgan fingerprint density at radius 3 is 2.62 bits per heavy atom. The maximum Gasteiger partial charge on any atom is 0.0715 e. The lowest BCUT2D eigenvalue weighted by atomic mass is 10.1. The maximum absolute atomic E-state index is 9.71. The number of nitrogens with one attached hydrogen (secondary N) is 2. The first-order valence-corrected chi connectivity index (χ1v) is 5.66. The van der Waals surface area contributed by atoms with Gasteiger partial charge >= 0.3 is 0 Å². The number of aromatic nitrogens is 1. The highest BCUT2D eigenvalue weighted by Gasteiger charge is 2.06. The van der Waals surface area contributed by atoms with Gasteiger partial charge in [0, 0.05) is 13.6 Å². The molecule has 1 unspecified atom stereocenters. The molecule has 0 bridgehead atoms. The molecule has 16 heavy (non-hydrogen) atoms. The number of anilines is 2. The summed E-state index contributed by atoms with van der Waals surface area (Å²) in [7, 11) is 1.86. The fraction of sp³-hybridized carbons (Fsp3) is 0.583. The molecule has 1 rings (SSSR count). The Balaban J connectivity index is 2.41. The third-order valence-electron chi connectivity index (χ3n) is 2.31. The third kappa shape index (κ3) is 4.49. The van der Waals surface area contributed by atoms with Crippen LogP contribution >= 0.6 is 0 Å². The van der Waals surface area contributed by atoms with Crippen molar-refractivity contribution in [2.45, 2.75) is 26.4 Å². The summed E-state index contributed by atoms with van der Waals surface area (Å²) >= 11 is 0. The number of hydrogen-bond acceptors (Lipinski definition) is 4. The van der Waals surface area contributed by atoms with Gasteiger partial charge in [-0.05, 0) is 18.4 Å². The average Bonchev–Trinajstić information content (AvgIpc) is 2.26. The molecule has 90 valence electrons. The lowest BCUT2D eigenvalue weighted by molar-refractivity contribution is 0.161. The van der Waals surface area contributed by atoms with E-state index >= 15 is 0 Å². The second-order valence-electron chi connectivity index (χ2n) is 4.38. The van der Waals surface area contributed by atoms with Crippen LogP contribution in [-0.2, 0) is 0 Å². The van der Waals surface area contributed by atoms with Crippen LogP contribution in [0.5, 0.6) is 0 Å². The molecule has 0 fully saturated rings. The Morgan fingerprint density at radius 2 is 2.00 bits per heavy atom. The highest BCUT2D eigenvalue weighted by molar-refractivity contribution is 5.53. The summed E-state index contributed by atoms with van der Waals surface area (Å²) in [6.45, 7) is 4.77. The van der Waals surface area contributed by atoms with E-state index in [1.54, 1.807) is 12.4 Å².